The zero-order chi connectivity index (χ0) is 11.1. The molecular weight excluding hydrogens is 184 g/mol. The van der Waals surface area contributed by atoms with Gasteiger partial charge in [-0.1, -0.05) is 0 Å². The molecule has 81 valence electrons. The average Bonchev–Trinajstić information content (AvgIpc) is 2.03. The van der Waals surface area contributed by atoms with E-state index in [4.69, 9.17) is 0 Å². The van der Waals surface area contributed by atoms with Crippen LogP contribution in [-0.4, -0.2) is 38.9 Å². The van der Waals surface area contributed by atoms with Crippen molar-refractivity contribution >= 4 is 5.91 Å². The zero-order valence-corrected chi connectivity index (χ0v) is 9.07. The van der Waals surface area contributed by atoms with Gasteiger partial charge in [-0.15, -0.1) is 10.3 Å². The van der Waals surface area contributed by atoms with Crippen LogP contribution in [0.25, 0.3) is 0 Å². The fourth-order valence-electron chi connectivity index (χ4n) is 1.87. The lowest BCUT2D eigenvalue weighted by atomic mass is 9.95. The van der Waals surface area contributed by atoms with Crippen LogP contribution in [0.1, 0.15) is 34.1 Å². The monoisotopic (exact) mass is 201 g/mol. The molecule has 0 aliphatic carbocycles. The highest BCUT2D eigenvalue weighted by molar-refractivity contribution is 5.76. The number of amides is 1. The average molecular weight is 201 g/mol. The first-order valence-corrected chi connectivity index (χ1v) is 4.63. The summed E-state index contributed by atoms with van der Waals surface area (Å²) in [6.07, 6.45) is 0.0381. The van der Waals surface area contributed by atoms with E-state index in [-0.39, 0.29) is 13.0 Å². The van der Waals surface area contributed by atoms with Crippen LogP contribution in [0.15, 0.2) is 0 Å². The van der Waals surface area contributed by atoms with Crippen LogP contribution in [0.3, 0.4) is 0 Å². The van der Waals surface area contributed by atoms with Gasteiger partial charge in [-0.2, -0.15) is 0 Å². The first-order chi connectivity index (χ1) is 6.17. The molecule has 0 spiro atoms. The lowest BCUT2D eigenvalue weighted by Gasteiger charge is -2.38. The van der Waals surface area contributed by atoms with E-state index in [1.165, 1.54) is 0 Å². The molecule has 0 atom stereocenters. The maximum atomic E-state index is 11.9. The van der Waals surface area contributed by atoms with Crippen molar-refractivity contribution in [1.82, 2.24) is 10.1 Å². The van der Waals surface area contributed by atoms with Gasteiger partial charge >= 0.3 is 0 Å². The maximum absolute atomic E-state index is 11.9. The van der Waals surface area contributed by atoms with Gasteiger partial charge < -0.3 is 0 Å². The quantitative estimate of drug-likeness (QED) is 0.590. The first-order valence-electron chi connectivity index (χ1n) is 4.63. The number of nitrogens with zero attached hydrogens (tertiary/aromatic N) is 2. The fraction of sp³-hybridized carbons (Fsp3) is 0.889. The Morgan fingerprint density at radius 3 is 2.21 bits per heavy atom. The molecule has 0 aromatic heterocycles. The van der Waals surface area contributed by atoms with Crippen LogP contribution >= 0.6 is 0 Å². The molecule has 14 heavy (non-hydrogen) atoms. The summed E-state index contributed by atoms with van der Waals surface area (Å²) in [5.74, 6) is -0.401. The topological polar surface area (TPSA) is 63.7 Å². The van der Waals surface area contributed by atoms with Crippen LogP contribution in [0.4, 0.5) is 0 Å². The summed E-state index contributed by atoms with van der Waals surface area (Å²) in [6, 6.07) is 0. The van der Waals surface area contributed by atoms with Crippen molar-refractivity contribution in [3.05, 3.63) is 0 Å². The van der Waals surface area contributed by atoms with Gasteiger partial charge in [-0.3, -0.25) is 10.0 Å². The molecule has 1 rings (SSSR count). The minimum Gasteiger partial charge on any atom is -0.286 e. The summed E-state index contributed by atoms with van der Waals surface area (Å²) in [7, 11) is 0. The van der Waals surface area contributed by atoms with Gasteiger partial charge in [0, 0.05) is 6.42 Å². The van der Waals surface area contributed by atoms with Crippen LogP contribution < -0.4 is 0 Å². The highest BCUT2D eigenvalue weighted by Gasteiger charge is 2.45. The first kappa shape index (κ1) is 11.4. The van der Waals surface area contributed by atoms with Gasteiger partial charge in [-0.25, -0.2) is 5.06 Å². The molecule has 0 unspecified atom stereocenters. The molecule has 1 heterocycles. The van der Waals surface area contributed by atoms with E-state index in [1.807, 2.05) is 0 Å². The second kappa shape index (κ2) is 3.18. The molecule has 0 bridgehead atoms. The summed E-state index contributed by atoms with van der Waals surface area (Å²) in [5, 5.41) is 22.8. The number of hydrogen-bond acceptors (Lipinski definition) is 3. The minimum atomic E-state index is -0.766. The standard InChI is InChI=1S/C9H17N2O3/c1-8(2)5-7(12)10(13)6-9(3,4)11(8)14/h13H,5-6H2,1-4H3. The lowest BCUT2D eigenvalue weighted by molar-refractivity contribution is -0.271. The smallest absolute Gasteiger partial charge is 0.247 e. The Balaban J connectivity index is 3.02. The number of carbonyl (C=O) groups excluding carboxylic acids is 1. The van der Waals surface area contributed by atoms with Gasteiger partial charge in [0.2, 0.25) is 5.91 Å². The lowest BCUT2D eigenvalue weighted by Crippen LogP contribution is -2.54. The molecule has 5 nitrogen and oxygen atoms in total. The van der Waals surface area contributed by atoms with E-state index >= 15 is 0 Å². The Labute approximate surface area is 83.8 Å². The molecule has 0 aromatic rings. The van der Waals surface area contributed by atoms with Gasteiger partial charge in [-0.05, 0) is 27.7 Å². The SMILES string of the molecule is CC1(C)CC(=O)N(O)CC(C)(C)N1[O]. The van der Waals surface area contributed by atoms with Crippen LogP contribution in [0, 0.1) is 0 Å². The molecule has 0 saturated carbocycles. The second-order valence-electron chi connectivity index (χ2n) is 5.05. The van der Waals surface area contributed by atoms with Crippen LogP contribution in [0.2, 0.25) is 0 Å². The molecule has 1 radical (unpaired) electrons. The number of hydroxylamine groups is 4. The molecule has 1 amide bonds. The van der Waals surface area contributed by atoms with Gasteiger partial charge in [0.15, 0.2) is 0 Å². The van der Waals surface area contributed by atoms with Crippen molar-refractivity contribution in [2.45, 2.75) is 45.2 Å². The molecule has 1 fully saturated rings. The van der Waals surface area contributed by atoms with Crippen molar-refractivity contribution in [1.29, 1.82) is 0 Å². The zero-order valence-electron chi connectivity index (χ0n) is 9.07. The van der Waals surface area contributed by atoms with Crippen LogP contribution in [0.5, 0.6) is 0 Å². The molecule has 5 heteroatoms. The van der Waals surface area contributed by atoms with E-state index in [2.05, 4.69) is 0 Å². The molecule has 1 aliphatic rings. The Bertz CT molecular complexity index is 250. The minimum absolute atomic E-state index is 0.0381. The fourth-order valence-corrected chi connectivity index (χ4v) is 1.87. The Hall–Kier alpha value is -0.650. The number of carbonyl (C=O) groups is 1. The molecule has 1 aliphatic heterocycles. The van der Waals surface area contributed by atoms with Crippen LogP contribution in [-0.2, 0) is 10.0 Å². The molecule has 1 N–H and O–H groups in total. The van der Waals surface area contributed by atoms with E-state index in [0.717, 1.165) is 5.06 Å². The van der Waals surface area contributed by atoms with E-state index < -0.39 is 17.0 Å². The van der Waals surface area contributed by atoms with Crippen molar-refractivity contribution in [3.63, 3.8) is 0 Å². The summed E-state index contributed by atoms with van der Waals surface area (Å²) in [5.41, 5.74) is -1.53. The second-order valence-corrected chi connectivity index (χ2v) is 5.05. The third-order valence-electron chi connectivity index (χ3n) is 2.51. The summed E-state index contributed by atoms with van der Waals surface area (Å²) in [6.45, 7) is 6.88. The third kappa shape index (κ3) is 1.89. The Morgan fingerprint density at radius 2 is 1.71 bits per heavy atom. The summed E-state index contributed by atoms with van der Waals surface area (Å²) in [4.78, 5) is 11.4. The van der Waals surface area contributed by atoms with Crippen molar-refractivity contribution in [2.75, 3.05) is 6.54 Å². The van der Waals surface area contributed by atoms with Gasteiger partial charge in [0.1, 0.15) is 0 Å². The number of hydrogen-bond donors (Lipinski definition) is 1. The van der Waals surface area contributed by atoms with Gasteiger partial charge in [0.05, 0.1) is 17.6 Å². The largest absolute Gasteiger partial charge is 0.286 e. The highest BCUT2D eigenvalue weighted by atomic mass is 16.5. The van der Waals surface area contributed by atoms with Gasteiger partial charge in [0.25, 0.3) is 0 Å². The molecular formula is C9H17N2O3. The van der Waals surface area contributed by atoms with Crippen molar-refractivity contribution in [3.8, 4) is 0 Å². The van der Waals surface area contributed by atoms with Crippen molar-refractivity contribution < 1.29 is 15.2 Å². The maximum Gasteiger partial charge on any atom is 0.247 e. The third-order valence-corrected chi connectivity index (χ3v) is 2.51. The molecule has 0 aromatic carbocycles. The number of rotatable bonds is 0. The van der Waals surface area contributed by atoms with E-state index in [1.54, 1.807) is 27.7 Å². The highest BCUT2D eigenvalue weighted by Crippen LogP contribution is 2.30. The predicted molar refractivity (Wildman–Crippen MR) is 48.8 cm³/mol. The van der Waals surface area contributed by atoms with E-state index in [9.17, 15) is 15.2 Å². The Morgan fingerprint density at radius 1 is 1.21 bits per heavy atom. The summed E-state index contributed by atoms with van der Waals surface area (Å²) < 4.78 is 0. The predicted octanol–water partition coefficient (Wildman–Crippen LogP) is 0.813. The Kier molecular flexibility index (Phi) is 2.60. The normalized spacial score (nSPS) is 27.6. The molecule has 1 saturated heterocycles. The van der Waals surface area contributed by atoms with Crippen molar-refractivity contribution in [2.24, 2.45) is 0 Å². The van der Waals surface area contributed by atoms with E-state index in [0.29, 0.717) is 5.06 Å². The summed E-state index contributed by atoms with van der Waals surface area (Å²) >= 11 is 0.